The van der Waals surface area contributed by atoms with E-state index in [2.05, 4.69) is 23.8 Å². The van der Waals surface area contributed by atoms with E-state index < -0.39 is 5.82 Å². The van der Waals surface area contributed by atoms with Crippen molar-refractivity contribution in [2.75, 3.05) is 0 Å². The molecule has 2 heterocycles. The Morgan fingerprint density at radius 1 is 1.21 bits per heavy atom. The Morgan fingerprint density at radius 3 is 2.69 bits per heavy atom. The third kappa shape index (κ3) is 5.08. The van der Waals surface area contributed by atoms with Gasteiger partial charge in [0.05, 0.1) is 5.69 Å². The molecule has 1 atom stereocenters. The number of hydrogen-bond acceptors (Lipinski definition) is 4. The van der Waals surface area contributed by atoms with Crippen molar-refractivity contribution in [3.05, 3.63) is 70.0 Å². The Morgan fingerprint density at radius 2 is 2.00 bits per heavy atom. The number of aromatic nitrogens is 3. The average molecular weight is 395 g/mol. The molecule has 1 aromatic carbocycles. The number of ether oxygens (including phenoxy) is 1. The standard InChI is InChI=1S/C23H26FN3O2/c1-5-7-15(2)12-18-13-20(17-10-11-21(28)27(4)14-17)26-23(25-18)29-22-16(3)8-6-9-19(22)24/h6,8-11,13-15H,5,7,12H2,1-4H3/t15-/m0/s1. The van der Waals surface area contributed by atoms with Crippen LogP contribution in [0.2, 0.25) is 0 Å². The number of rotatable bonds is 7. The molecule has 0 N–H and O–H groups in total. The first-order chi connectivity index (χ1) is 13.9. The minimum absolute atomic E-state index is 0.0990. The van der Waals surface area contributed by atoms with Gasteiger partial charge in [0.2, 0.25) is 5.56 Å². The molecule has 3 aromatic rings. The first-order valence-electron chi connectivity index (χ1n) is 9.85. The molecule has 3 rings (SSSR count). The smallest absolute Gasteiger partial charge is 0.322 e. The molecule has 0 unspecified atom stereocenters. The molecule has 0 saturated heterocycles. The Bertz CT molecular complexity index is 1040. The molecule has 0 aliphatic rings. The van der Waals surface area contributed by atoms with Gasteiger partial charge in [-0.05, 0) is 43.0 Å². The molecule has 152 valence electrons. The van der Waals surface area contributed by atoms with Crippen molar-refractivity contribution in [1.29, 1.82) is 0 Å². The lowest BCUT2D eigenvalue weighted by atomic mass is 9.99. The van der Waals surface area contributed by atoms with Crippen molar-refractivity contribution in [2.45, 2.75) is 40.0 Å². The van der Waals surface area contributed by atoms with Gasteiger partial charge in [0.1, 0.15) is 0 Å². The van der Waals surface area contributed by atoms with Gasteiger partial charge in [0.25, 0.3) is 0 Å². The molecule has 29 heavy (non-hydrogen) atoms. The Balaban J connectivity index is 2.04. The van der Waals surface area contributed by atoms with Crippen molar-refractivity contribution in [3.63, 3.8) is 0 Å². The summed E-state index contributed by atoms with van der Waals surface area (Å²) in [5.41, 5.74) is 2.81. The summed E-state index contributed by atoms with van der Waals surface area (Å²) in [5, 5.41) is 0. The second kappa shape index (κ2) is 8.99. The molecule has 0 bridgehead atoms. The summed E-state index contributed by atoms with van der Waals surface area (Å²) in [5.74, 6) is 0.116. The number of halogens is 1. The maximum Gasteiger partial charge on any atom is 0.322 e. The summed E-state index contributed by atoms with van der Waals surface area (Å²) in [4.78, 5) is 20.8. The fraction of sp³-hybridized carbons (Fsp3) is 0.348. The van der Waals surface area contributed by atoms with E-state index in [4.69, 9.17) is 4.74 Å². The zero-order valence-corrected chi connectivity index (χ0v) is 17.3. The number of hydrogen-bond donors (Lipinski definition) is 0. The minimum Gasteiger partial charge on any atom is -0.421 e. The van der Waals surface area contributed by atoms with E-state index in [1.807, 2.05) is 6.07 Å². The van der Waals surface area contributed by atoms with Crippen LogP contribution in [0, 0.1) is 18.7 Å². The fourth-order valence-electron chi connectivity index (χ4n) is 3.31. The van der Waals surface area contributed by atoms with Crippen LogP contribution in [-0.2, 0) is 13.5 Å². The molecule has 0 saturated carbocycles. The third-order valence-electron chi connectivity index (χ3n) is 4.84. The van der Waals surface area contributed by atoms with Crippen molar-refractivity contribution in [1.82, 2.24) is 14.5 Å². The van der Waals surface area contributed by atoms with E-state index in [0.717, 1.165) is 30.5 Å². The predicted octanol–water partition coefficient (Wildman–Crippen LogP) is 5.06. The molecule has 0 aliphatic heterocycles. The van der Waals surface area contributed by atoms with Crippen LogP contribution in [-0.4, -0.2) is 14.5 Å². The number of aryl methyl sites for hydroxylation is 2. The predicted molar refractivity (Wildman–Crippen MR) is 112 cm³/mol. The van der Waals surface area contributed by atoms with Crippen molar-refractivity contribution < 1.29 is 9.13 Å². The van der Waals surface area contributed by atoms with Gasteiger partial charge in [0, 0.05) is 30.6 Å². The largest absolute Gasteiger partial charge is 0.421 e. The summed E-state index contributed by atoms with van der Waals surface area (Å²) in [6.45, 7) is 6.11. The lowest BCUT2D eigenvalue weighted by molar-refractivity contribution is 0.404. The van der Waals surface area contributed by atoms with E-state index in [-0.39, 0.29) is 17.3 Å². The monoisotopic (exact) mass is 395 g/mol. The van der Waals surface area contributed by atoms with E-state index >= 15 is 0 Å². The molecule has 0 spiro atoms. The molecule has 0 radical (unpaired) electrons. The van der Waals surface area contributed by atoms with Crippen LogP contribution < -0.4 is 10.3 Å². The van der Waals surface area contributed by atoms with Gasteiger partial charge >= 0.3 is 6.01 Å². The summed E-state index contributed by atoms with van der Waals surface area (Å²) in [6.07, 6.45) is 4.67. The lowest BCUT2D eigenvalue weighted by Gasteiger charge is -2.14. The zero-order valence-electron chi connectivity index (χ0n) is 17.3. The van der Waals surface area contributed by atoms with Gasteiger partial charge in [-0.15, -0.1) is 0 Å². The topological polar surface area (TPSA) is 57.0 Å². The SMILES string of the molecule is CCC[C@H](C)Cc1cc(-c2ccc(=O)n(C)c2)nc(Oc2c(C)cccc2F)n1. The highest BCUT2D eigenvalue weighted by molar-refractivity contribution is 5.58. The van der Waals surface area contributed by atoms with Gasteiger partial charge < -0.3 is 9.30 Å². The molecule has 2 aromatic heterocycles. The molecular weight excluding hydrogens is 369 g/mol. The van der Waals surface area contributed by atoms with Crippen LogP contribution in [0.4, 0.5) is 4.39 Å². The molecule has 6 heteroatoms. The van der Waals surface area contributed by atoms with Gasteiger partial charge in [-0.2, -0.15) is 9.97 Å². The number of nitrogens with zero attached hydrogens (tertiary/aromatic N) is 3. The molecule has 0 aliphatic carbocycles. The second-order valence-electron chi connectivity index (χ2n) is 7.48. The number of para-hydroxylation sites is 1. The molecule has 0 amide bonds. The third-order valence-corrected chi connectivity index (χ3v) is 4.84. The van der Waals surface area contributed by atoms with Crippen LogP contribution in [0.15, 0.2) is 47.4 Å². The lowest BCUT2D eigenvalue weighted by Crippen LogP contribution is -2.14. The fourth-order valence-corrected chi connectivity index (χ4v) is 3.31. The minimum atomic E-state index is -0.456. The highest BCUT2D eigenvalue weighted by Gasteiger charge is 2.15. The Kier molecular flexibility index (Phi) is 6.42. The van der Waals surface area contributed by atoms with Crippen molar-refractivity contribution >= 4 is 0 Å². The highest BCUT2D eigenvalue weighted by atomic mass is 19.1. The summed E-state index contributed by atoms with van der Waals surface area (Å²) < 4.78 is 21.5. The van der Waals surface area contributed by atoms with Crippen LogP contribution >= 0.6 is 0 Å². The van der Waals surface area contributed by atoms with E-state index in [1.165, 1.54) is 16.7 Å². The maximum absolute atomic E-state index is 14.2. The van der Waals surface area contributed by atoms with Gasteiger partial charge in [0.15, 0.2) is 11.6 Å². The van der Waals surface area contributed by atoms with Crippen LogP contribution in [0.3, 0.4) is 0 Å². The summed E-state index contributed by atoms with van der Waals surface area (Å²) in [6, 6.07) is 10.00. The maximum atomic E-state index is 14.2. The van der Waals surface area contributed by atoms with Crippen molar-refractivity contribution in [2.24, 2.45) is 13.0 Å². The molecule has 5 nitrogen and oxygen atoms in total. The average Bonchev–Trinajstić information content (AvgIpc) is 2.67. The second-order valence-corrected chi connectivity index (χ2v) is 7.48. The van der Waals surface area contributed by atoms with Crippen LogP contribution in [0.5, 0.6) is 11.8 Å². The Hall–Kier alpha value is -3.02. The van der Waals surface area contributed by atoms with Gasteiger partial charge in [-0.25, -0.2) is 4.39 Å². The van der Waals surface area contributed by atoms with Gasteiger partial charge in [-0.3, -0.25) is 4.79 Å². The van der Waals surface area contributed by atoms with E-state index in [9.17, 15) is 9.18 Å². The van der Waals surface area contributed by atoms with E-state index in [1.54, 1.807) is 38.4 Å². The van der Waals surface area contributed by atoms with Gasteiger partial charge in [-0.1, -0.05) is 38.8 Å². The summed E-state index contributed by atoms with van der Waals surface area (Å²) >= 11 is 0. The molecule has 0 fully saturated rings. The highest BCUT2D eigenvalue weighted by Crippen LogP contribution is 2.28. The van der Waals surface area contributed by atoms with Crippen molar-refractivity contribution in [3.8, 4) is 23.0 Å². The summed E-state index contributed by atoms with van der Waals surface area (Å²) in [7, 11) is 1.69. The number of pyridine rings is 1. The first-order valence-corrected chi connectivity index (χ1v) is 9.85. The van der Waals surface area contributed by atoms with Crippen LogP contribution in [0.25, 0.3) is 11.3 Å². The first kappa shape index (κ1) is 20.7. The molecular formula is C23H26FN3O2. The normalized spacial score (nSPS) is 12.0. The van der Waals surface area contributed by atoms with Crippen LogP contribution in [0.1, 0.15) is 37.9 Å². The zero-order chi connectivity index (χ0) is 21.0. The number of benzene rings is 1. The van der Waals surface area contributed by atoms with E-state index in [0.29, 0.717) is 17.2 Å². The Labute approximate surface area is 170 Å². The quantitative estimate of drug-likeness (QED) is 0.561.